The first kappa shape index (κ1) is 12.8. The number of aromatic nitrogens is 2. The SMILES string of the molecule is CC(NCc1cccc2cnccc12)c1ccncc1. The van der Waals surface area contributed by atoms with Crippen molar-refractivity contribution in [3.8, 4) is 0 Å². The standard InChI is InChI=1S/C17H17N3/c1-13(14-5-8-18-9-6-14)20-12-16-4-2-3-15-11-19-10-7-17(15)16/h2-11,13,20H,12H2,1H3. The van der Waals surface area contributed by atoms with E-state index in [1.807, 2.05) is 36.9 Å². The molecule has 3 nitrogen and oxygen atoms in total. The molecule has 0 saturated heterocycles. The van der Waals surface area contributed by atoms with Gasteiger partial charge in [0.1, 0.15) is 0 Å². The molecule has 3 rings (SSSR count). The monoisotopic (exact) mass is 263 g/mol. The Kier molecular flexibility index (Phi) is 3.70. The van der Waals surface area contributed by atoms with Crippen molar-refractivity contribution in [3.63, 3.8) is 0 Å². The number of hydrogen-bond acceptors (Lipinski definition) is 3. The Hall–Kier alpha value is -2.26. The Morgan fingerprint density at radius 1 is 1.00 bits per heavy atom. The van der Waals surface area contributed by atoms with E-state index in [0.29, 0.717) is 6.04 Å². The van der Waals surface area contributed by atoms with Crippen molar-refractivity contribution in [1.82, 2.24) is 15.3 Å². The van der Waals surface area contributed by atoms with Gasteiger partial charge in [-0.15, -0.1) is 0 Å². The van der Waals surface area contributed by atoms with E-state index in [2.05, 4.69) is 46.5 Å². The van der Waals surface area contributed by atoms with Crippen molar-refractivity contribution >= 4 is 10.8 Å². The summed E-state index contributed by atoms with van der Waals surface area (Å²) in [6.07, 6.45) is 7.41. The Labute approximate surface area is 118 Å². The third kappa shape index (κ3) is 2.68. The molecule has 1 aromatic carbocycles. The number of pyridine rings is 2. The lowest BCUT2D eigenvalue weighted by molar-refractivity contribution is 0.576. The van der Waals surface area contributed by atoms with Crippen LogP contribution < -0.4 is 5.32 Å². The van der Waals surface area contributed by atoms with E-state index >= 15 is 0 Å². The smallest absolute Gasteiger partial charge is 0.0346 e. The van der Waals surface area contributed by atoms with E-state index in [4.69, 9.17) is 0 Å². The highest BCUT2D eigenvalue weighted by molar-refractivity contribution is 5.84. The molecule has 0 bridgehead atoms. The molecule has 100 valence electrons. The molecule has 0 radical (unpaired) electrons. The van der Waals surface area contributed by atoms with Crippen molar-refractivity contribution in [1.29, 1.82) is 0 Å². The number of fused-ring (bicyclic) bond motifs is 1. The fraction of sp³-hybridized carbons (Fsp3) is 0.176. The molecule has 20 heavy (non-hydrogen) atoms. The molecule has 0 aliphatic carbocycles. The lowest BCUT2D eigenvalue weighted by atomic mass is 10.1. The van der Waals surface area contributed by atoms with Crippen molar-refractivity contribution < 1.29 is 0 Å². The van der Waals surface area contributed by atoms with Crippen molar-refractivity contribution in [2.24, 2.45) is 0 Å². The Morgan fingerprint density at radius 2 is 1.80 bits per heavy atom. The highest BCUT2D eigenvalue weighted by atomic mass is 14.9. The van der Waals surface area contributed by atoms with E-state index in [1.165, 1.54) is 21.9 Å². The molecule has 0 amide bonds. The van der Waals surface area contributed by atoms with E-state index < -0.39 is 0 Å². The summed E-state index contributed by atoms with van der Waals surface area (Å²) in [6, 6.07) is 12.8. The minimum Gasteiger partial charge on any atom is -0.306 e. The summed E-state index contributed by atoms with van der Waals surface area (Å²) in [4.78, 5) is 8.22. The summed E-state index contributed by atoms with van der Waals surface area (Å²) < 4.78 is 0. The van der Waals surface area contributed by atoms with Gasteiger partial charge in [0, 0.05) is 42.8 Å². The molecule has 0 aliphatic heterocycles. The van der Waals surface area contributed by atoms with Crippen LogP contribution in [0.1, 0.15) is 24.1 Å². The number of nitrogens with one attached hydrogen (secondary N) is 1. The first-order chi connectivity index (χ1) is 9.84. The van der Waals surface area contributed by atoms with Gasteiger partial charge in [0.2, 0.25) is 0 Å². The van der Waals surface area contributed by atoms with Gasteiger partial charge in [0.25, 0.3) is 0 Å². The van der Waals surface area contributed by atoms with Gasteiger partial charge < -0.3 is 5.32 Å². The average Bonchev–Trinajstić information content (AvgIpc) is 2.53. The number of hydrogen-bond donors (Lipinski definition) is 1. The van der Waals surface area contributed by atoms with Gasteiger partial charge >= 0.3 is 0 Å². The molecule has 1 unspecified atom stereocenters. The van der Waals surface area contributed by atoms with E-state index in [0.717, 1.165) is 6.54 Å². The largest absolute Gasteiger partial charge is 0.306 e. The third-order valence-electron chi connectivity index (χ3n) is 3.58. The first-order valence-corrected chi connectivity index (χ1v) is 6.79. The maximum atomic E-state index is 4.17. The molecular formula is C17H17N3. The maximum absolute atomic E-state index is 4.17. The summed E-state index contributed by atoms with van der Waals surface area (Å²) in [5, 5.41) is 6.00. The summed E-state index contributed by atoms with van der Waals surface area (Å²) in [7, 11) is 0. The highest BCUT2D eigenvalue weighted by Crippen LogP contribution is 2.18. The third-order valence-corrected chi connectivity index (χ3v) is 3.58. The van der Waals surface area contributed by atoms with Crippen LogP contribution in [0, 0.1) is 0 Å². The normalized spacial score (nSPS) is 12.4. The van der Waals surface area contributed by atoms with Gasteiger partial charge in [0.15, 0.2) is 0 Å². The van der Waals surface area contributed by atoms with Crippen LogP contribution >= 0.6 is 0 Å². The molecule has 0 fully saturated rings. The average molecular weight is 263 g/mol. The Balaban J connectivity index is 1.77. The fourth-order valence-corrected chi connectivity index (χ4v) is 2.38. The van der Waals surface area contributed by atoms with Gasteiger partial charge in [-0.05, 0) is 41.6 Å². The molecular weight excluding hydrogens is 246 g/mol. The minimum atomic E-state index is 0.301. The number of nitrogens with zero attached hydrogens (tertiary/aromatic N) is 2. The molecule has 1 N–H and O–H groups in total. The predicted octanol–water partition coefficient (Wildman–Crippen LogP) is 3.48. The van der Waals surface area contributed by atoms with Crippen molar-refractivity contribution in [3.05, 3.63) is 72.3 Å². The molecule has 2 aromatic heterocycles. The maximum Gasteiger partial charge on any atom is 0.0346 e. The lowest BCUT2D eigenvalue weighted by Crippen LogP contribution is -2.18. The van der Waals surface area contributed by atoms with E-state index in [-0.39, 0.29) is 0 Å². The summed E-state index contributed by atoms with van der Waals surface area (Å²) in [5.74, 6) is 0. The van der Waals surface area contributed by atoms with Gasteiger partial charge in [-0.2, -0.15) is 0 Å². The molecule has 0 aliphatic rings. The highest BCUT2D eigenvalue weighted by Gasteiger charge is 2.06. The molecule has 3 heteroatoms. The van der Waals surface area contributed by atoms with Gasteiger partial charge in [0.05, 0.1) is 0 Å². The van der Waals surface area contributed by atoms with Crippen LogP contribution in [0.5, 0.6) is 0 Å². The first-order valence-electron chi connectivity index (χ1n) is 6.79. The fourth-order valence-electron chi connectivity index (χ4n) is 2.38. The lowest BCUT2D eigenvalue weighted by Gasteiger charge is -2.15. The quantitative estimate of drug-likeness (QED) is 0.783. The second kappa shape index (κ2) is 5.80. The van der Waals surface area contributed by atoms with Gasteiger partial charge in [-0.3, -0.25) is 9.97 Å². The molecule has 0 saturated carbocycles. The predicted molar refractivity (Wildman–Crippen MR) is 81.2 cm³/mol. The summed E-state index contributed by atoms with van der Waals surface area (Å²) in [6.45, 7) is 3.01. The van der Waals surface area contributed by atoms with Crippen LogP contribution in [0.4, 0.5) is 0 Å². The Bertz CT molecular complexity index is 689. The number of benzene rings is 1. The van der Waals surface area contributed by atoms with Crippen LogP contribution in [0.2, 0.25) is 0 Å². The molecule has 2 heterocycles. The summed E-state index contributed by atoms with van der Waals surface area (Å²) >= 11 is 0. The number of rotatable bonds is 4. The zero-order valence-corrected chi connectivity index (χ0v) is 11.5. The molecule has 1 atom stereocenters. The van der Waals surface area contributed by atoms with E-state index in [9.17, 15) is 0 Å². The molecule has 3 aromatic rings. The zero-order chi connectivity index (χ0) is 13.8. The second-order valence-electron chi connectivity index (χ2n) is 4.90. The van der Waals surface area contributed by atoms with Crippen molar-refractivity contribution in [2.75, 3.05) is 0 Å². The van der Waals surface area contributed by atoms with Crippen LogP contribution in [0.15, 0.2) is 61.2 Å². The van der Waals surface area contributed by atoms with Gasteiger partial charge in [-0.25, -0.2) is 0 Å². The van der Waals surface area contributed by atoms with Gasteiger partial charge in [-0.1, -0.05) is 18.2 Å². The summed E-state index contributed by atoms with van der Waals surface area (Å²) in [5.41, 5.74) is 2.55. The second-order valence-corrected chi connectivity index (χ2v) is 4.90. The van der Waals surface area contributed by atoms with Crippen LogP contribution in [0.25, 0.3) is 10.8 Å². The van der Waals surface area contributed by atoms with Crippen LogP contribution in [0.3, 0.4) is 0 Å². The van der Waals surface area contributed by atoms with Crippen LogP contribution in [-0.4, -0.2) is 9.97 Å². The van der Waals surface area contributed by atoms with Crippen LogP contribution in [-0.2, 0) is 6.54 Å². The Morgan fingerprint density at radius 3 is 2.65 bits per heavy atom. The van der Waals surface area contributed by atoms with E-state index in [1.54, 1.807) is 0 Å². The molecule has 0 spiro atoms. The van der Waals surface area contributed by atoms with Crippen molar-refractivity contribution in [2.45, 2.75) is 19.5 Å². The zero-order valence-electron chi connectivity index (χ0n) is 11.5. The minimum absolute atomic E-state index is 0.301. The topological polar surface area (TPSA) is 37.8 Å².